The van der Waals surface area contributed by atoms with Gasteiger partial charge in [-0.05, 0) is 45.2 Å². The standard InChI is InChI=1S/C15H20ClFN2/c1-5-13(18-6-2)10-19(11(3)4)15-8-7-12(16)9-14(15)17/h5-9,11,18H,2,10H2,1,3-4H3/b13-5-. The van der Waals surface area contributed by atoms with Gasteiger partial charge in [0.05, 0.1) is 12.2 Å². The lowest BCUT2D eigenvalue weighted by Crippen LogP contribution is -2.35. The fourth-order valence-corrected chi connectivity index (χ4v) is 1.95. The molecule has 0 saturated heterocycles. The molecule has 1 aromatic rings. The van der Waals surface area contributed by atoms with Gasteiger partial charge in [-0.3, -0.25) is 0 Å². The minimum absolute atomic E-state index is 0.164. The fraction of sp³-hybridized carbons (Fsp3) is 0.333. The van der Waals surface area contributed by atoms with Gasteiger partial charge in [0, 0.05) is 16.8 Å². The molecule has 0 fully saturated rings. The van der Waals surface area contributed by atoms with E-state index >= 15 is 0 Å². The Hall–Kier alpha value is -1.48. The highest BCUT2D eigenvalue weighted by Gasteiger charge is 2.16. The second kappa shape index (κ2) is 7.19. The van der Waals surface area contributed by atoms with Gasteiger partial charge in [-0.25, -0.2) is 4.39 Å². The third kappa shape index (κ3) is 4.28. The van der Waals surface area contributed by atoms with E-state index in [2.05, 4.69) is 11.9 Å². The molecule has 4 heteroatoms. The molecule has 1 N–H and O–H groups in total. The molecule has 0 unspecified atom stereocenters. The van der Waals surface area contributed by atoms with E-state index in [0.717, 1.165) is 5.70 Å². The Labute approximate surface area is 119 Å². The van der Waals surface area contributed by atoms with Crippen LogP contribution in [0, 0.1) is 5.82 Å². The summed E-state index contributed by atoms with van der Waals surface area (Å²) in [6.45, 7) is 10.2. The van der Waals surface area contributed by atoms with Crippen LogP contribution in [0.2, 0.25) is 5.02 Å². The van der Waals surface area contributed by atoms with Gasteiger partial charge in [-0.15, -0.1) is 0 Å². The molecule has 0 amide bonds. The van der Waals surface area contributed by atoms with Crippen LogP contribution < -0.4 is 10.2 Å². The van der Waals surface area contributed by atoms with E-state index in [9.17, 15) is 4.39 Å². The number of anilines is 1. The second-order valence-corrected chi connectivity index (χ2v) is 4.92. The summed E-state index contributed by atoms with van der Waals surface area (Å²) in [7, 11) is 0. The maximum atomic E-state index is 14.0. The highest BCUT2D eigenvalue weighted by Crippen LogP contribution is 2.25. The highest BCUT2D eigenvalue weighted by molar-refractivity contribution is 6.30. The third-order valence-corrected chi connectivity index (χ3v) is 3.05. The Morgan fingerprint density at radius 2 is 2.21 bits per heavy atom. The molecule has 0 aliphatic carbocycles. The first-order valence-corrected chi connectivity index (χ1v) is 6.61. The Balaban J connectivity index is 3.03. The number of halogens is 2. The monoisotopic (exact) mass is 282 g/mol. The summed E-state index contributed by atoms with van der Waals surface area (Å²) in [6, 6.07) is 4.91. The van der Waals surface area contributed by atoms with Crippen LogP contribution in [0.25, 0.3) is 0 Å². The van der Waals surface area contributed by atoms with Crippen LogP contribution >= 0.6 is 11.6 Å². The SMILES string of the molecule is C=CN/C(=C\C)CN(c1ccc(Cl)cc1F)C(C)C. The van der Waals surface area contributed by atoms with Crippen LogP contribution in [0.4, 0.5) is 10.1 Å². The smallest absolute Gasteiger partial charge is 0.147 e. The molecule has 19 heavy (non-hydrogen) atoms. The van der Waals surface area contributed by atoms with Crippen molar-refractivity contribution in [2.45, 2.75) is 26.8 Å². The topological polar surface area (TPSA) is 15.3 Å². The van der Waals surface area contributed by atoms with Crippen LogP contribution in [0.3, 0.4) is 0 Å². The van der Waals surface area contributed by atoms with Crippen LogP contribution in [0.1, 0.15) is 20.8 Å². The van der Waals surface area contributed by atoms with Gasteiger partial charge < -0.3 is 10.2 Å². The summed E-state index contributed by atoms with van der Waals surface area (Å²) < 4.78 is 14.0. The minimum Gasteiger partial charge on any atom is -0.364 e. The predicted octanol–water partition coefficient (Wildman–Crippen LogP) is 4.33. The van der Waals surface area contributed by atoms with E-state index in [1.165, 1.54) is 6.07 Å². The molecule has 104 valence electrons. The van der Waals surface area contributed by atoms with Gasteiger partial charge in [-0.1, -0.05) is 24.3 Å². The molecule has 0 saturated carbocycles. The average molecular weight is 283 g/mol. The van der Waals surface area contributed by atoms with Crippen LogP contribution in [-0.2, 0) is 0 Å². The fourth-order valence-electron chi connectivity index (χ4n) is 1.79. The van der Waals surface area contributed by atoms with Crippen LogP contribution in [0.15, 0.2) is 42.8 Å². The first kappa shape index (κ1) is 15.6. The van der Waals surface area contributed by atoms with Crippen molar-refractivity contribution in [3.8, 4) is 0 Å². The van der Waals surface area contributed by atoms with E-state index in [-0.39, 0.29) is 11.9 Å². The van der Waals surface area contributed by atoms with Gasteiger partial charge in [-0.2, -0.15) is 0 Å². The van der Waals surface area contributed by atoms with Crippen LogP contribution in [0.5, 0.6) is 0 Å². The molecule has 0 atom stereocenters. The van der Waals surface area contributed by atoms with Gasteiger partial charge in [0.2, 0.25) is 0 Å². The van der Waals surface area contributed by atoms with Gasteiger partial charge in [0.1, 0.15) is 5.82 Å². The first-order chi connectivity index (χ1) is 8.99. The first-order valence-electron chi connectivity index (χ1n) is 6.24. The van der Waals surface area contributed by atoms with E-state index in [4.69, 9.17) is 11.6 Å². The van der Waals surface area contributed by atoms with Crippen molar-refractivity contribution in [3.63, 3.8) is 0 Å². The van der Waals surface area contributed by atoms with E-state index in [1.807, 2.05) is 31.7 Å². The van der Waals surface area contributed by atoms with Crippen molar-refractivity contribution >= 4 is 17.3 Å². The Morgan fingerprint density at radius 1 is 1.53 bits per heavy atom. The maximum absolute atomic E-state index is 14.0. The van der Waals surface area contributed by atoms with Crippen molar-refractivity contribution in [1.82, 2.24) is 5.32 Å². The molecule has 0 heterocycles. The van der Waals surface area contributed by atoms with Gasteiger partial charge >= 0.3 is 0 Å². The van der Waals surface area contributed by atoms with Crippen molar-refractivity contribution in [3.05, 3.63) is 53.6 Å². The zero-order valence-electron chi connectivity index (χ0n) is 11.6. The van der Waals surface area contributed by atoms with Crippen molar-refractivity contribution in [1.29, 1.82) is 0 Å². The Bertz CT molecular complexity index is 469. The number of benzene rings is 1. The summed E-state index contributed by atoms with van der Waals surface area (Å²) >= 11 is 5.79. The van der Waals surface area contributed by atoms with Crippen molar-refractivity contribution < 1.29 is 4.39 Å². The lowest BCUT2D eigenvalue weighted by molar-refractivity contribution is 0.604. The molecular weight excluding hydrogens is 263 g/mol. The summed E-state index contributed by atoms with van der Waals surface area (Å²) in [4.78, 5) is 1.97. The lowest BCUT2D eigenvalue weighted by Gasteiger charge is -2.30. The molecule has 0 bridgehead atoms. The zero-order chi connectivity index (χ0) is 14.4. The largest absolute Gasteiger partial charge is 0.364 e. The van der Waals surface area contributed by atoms with Crippen molar-refractivity contribution in [2.24, 2.45) is 0 Å². The zero-order valence-corrected chi connectivity index (χ0v) is 12.3. The molecule has 0 aliphatic heterocycles. The molecule has 1 rings (SSSR count). The van der Waals surface area contributed by atoms with Gasteiger partial charge in [0.25, 0.3) is 0 Å². The summed E-state index contributed by atoms with van der Waals surface area (Å²) in [6.07, 6.45) is 3.57. The van der Waals surface area contributed by atoms with Crippen LogP contribution in [-0.4, -0.2) is 12.6 Å². The summed E-state index contributed by atoms with van der Waals surface area (Å²) in [5, 5.41) is 3.46. The van der Waals surface area contributed by atoms with E-state index in [1.54, 1.807) is 18.3 Å². The summed E-state index contributed by atoms with van der Waals surface area (Å²) in [5.74, 6) is -0.310. The molecule has 0 spiro atoms. The third-order valence-electron chi connectivity index (χ3n) is 2.82. The maximum Gasteiger partial charge on any atom is 0.147 e. The number of hydrogen-bond donors (Lipinski definition) is 1. The quantitative estimate of drug-likeness (QED) is 0.835. The molecule has 2 nitrogen and oxygen atoms in total. The van der Waals surface area contributed by atoms with Crippen molar-refractivity contribution in [2.75, 3.05) is 11.4 Å². The number of rotatable bonds is 6. The molecule has 0 radical (unpaired) electrons. The molecular formula is C15H20ClFN2. The molecule has 0 aromatic heterocycles. The minimum atomic E-state index is -0.310. The average Bonchev–Trinajstić information content (AvgIpc) is 2.35. The highest BCUT2D eigenvalue weighted by atomic mass is 35.5. The predicted molar refractivity (Wildman–Crippen MR) is 81.0 cm³/mol. The Kier molecular flexibility index (Phi) is 5.90. The molecule has 1 aromatic carbocycles. The lowest BCUT2D eigenvalue weighted by atomic mass is 10.2. The summed E-state index contributed by atoms with van der Waals surface area (Å²) in [5.41, 5.74) is 1.52. The number of nitrogens with one attached hydrogen (secondary N) is 1. The Morgan fingerprint density at radius 3 is 2.68 bits per heavy atom. The number of hydrogen-bond acceptors (Lipinski definition) is 2. The number of allylic oxidation sites excluding steroid dienone is 1. The molecule has 0 aliphatic rings. The normalized spacial score (nSPS) is 11.6. The van der Waals surface area contributed by atoms with E-state index in [0.29, 0.717) is 17.3 Å². The van der Waals surface area contributed by atoms with E-state index < -0.39 is 0 Å². The second-order valence-electron chi connectivity index (χ2n) is 4.48. The van der Waals surface area contributed by atoms with Gasteiger partial charge in [0.15, 0.2) is 0 Å². The number of nitrogens with zero attached hydrogens (tertiary/aromatic N) is 1.